The van der Waals surface area contributed by atoms with Gasteiger partial charge < -0.3 is 4.74 Å². The maximum absolute atomic E-state index is 12.5. The molecule has 1 aromatic heterocycles. The highest BCUT2D eigenvalue weighted by Gasteiger charge is 2.32. The Kier molecular flexibility index (Phi) is 4.90. The molecule has 0 radical (unpaired) electrons. The number of rotatable bonds is 5. The van der Waals surface area contributed by atoms with E-state index in [4.69, 9.17) is 0 Å². The Morgan fingerprint density at radius 1 is 1.12 bits per heavy atom. The minimum absolute atomic E-state index is 0.0665. The molecule has 1 heterocycles. The highest BCUT2D eigenvalue weighted by Crippen LogP contribution is 2.26. The van der Waals surface area contributed by atoms with Crippen molar-refractivity contribution in [2.24, 2.45) is 0 Å². The molecule has 136 valence electrons. The quantitative estimate of drug-likeness (QED) is 0.697. The highest BCUT2D eigenvalue weighted by molar-refractivity contribution is 5.76. The molecular weight excluding hydrogens is 349 g/mol. The van der Waals surface area contributed by atoms with Gasteiger partial charge in [0, 0.05) is 12.1 Å². The lowest BCUT2D eigenvalue weighted by atomic mass is 10.2. The van der Waals surface area contributed by atoms with Gasteiger partial charge in [0.1, 0.15) is 11.3 Å². The van der Waals surface area contributed by atoms with Crippen LogP contribution < -0.4 is 10.3 Å². The molecule has 0 saturated heterocycles. The summed E-state index contributed by atoms with van der Waals surface area (Å²) in [6.07, 6.45) is -4.77. The van der Waals surface area contributed by atoms with E-state index in [0.29, 0.717) is 16.5 Å². The molecule has 3 rings (SSSR count). The van der Waals surface area contributed by atoms with Crippen molar-refractivity contribution in [3.05, 3.63) is 64.4 Å². The van der Waals surface area contributed by atoms with Gasteiger partial charge in [0.25, 0.3) is 5.56 Å². The van der Waals surface area contributed by atoms with Crippen LogP contribution in [0.3, 0.4) is 0 Å². The van der Waals surface area contributed by atoms with E-state index < -0.39 is 6.36 Å². The number of aromatic nitrogens is 3. The predicted molar refractivity (Wildman–Crippen MR) is 88.4 cm³/mol. The van der Waals surface area contributed by atoms with Crippen LogP contribution in [0.2, 0.25) is 0 Å². The zero-order chi connectivity index (χ0) is 18.7. The van der Waals surface area contributed by atoms with Crippen LogP contribution >= 0.6 is 0 Å². The van der Waals surface area contributed by atoms with Crippen LogP contribution in [-0.4, -0.2) is 33.3 Å². The van der Waals surface area contributed by atoms with E-state index in [1.54, 1.807) is 42.3 Å². The van der Waals surface area contributed by atoms with E-state index in [1.165, 1.54) is 18.2 Å². The summed E-state index contributed by atoms with van der Waals surface area (Å²) in [6.45, 7) is 0.199. The van der Waals surface area contributed by atoms with Gasteiger partial charge in [-0.25, -0.2) is 0 Å². The summed E-state index contributed by atoms with van der Waals surface area (Å²) in [5, 5.41) is 8.28. The molecule has 0 atom stereocenters. The number of ether oxygens (including phenoxy) is 1. The topological polar surface area (TPSA) is 60.2 Å². The molecule has 0 fully saturated rings. The van der Waals surface area contributed by atoms with Crippen molar-refractivity contribution in [1.29, 1.82) is 0 Å². The first-order chi connectivity index (χ1) is 12.3. The number of nitrogens with zero attached hydrogens (tertiary/aromatic N) is 4. The third kappa shape index (κ3) is 4.17. The lowest BCUT2D eigenvalue weighted by Gasteiger charge is -2.19. The second kappa shape index (κ2) is 7.12. The molecular formula is C17H15F3N4O2. The number of fused-ring (bicyclic) bond motifs is 1. The normalized spacial score (nSPS) is 11.9. The van der Waals surface area contributed by atoms with Gasteiger partial charge in [-0.1, -0.05) is 35.5 Å². The minimum atomic E-state index is -4.77. The van der Waals surface area contributed by atoms with Crippen molar-refractivity contribution in [3.63, 3.8) is 0 Å². The first-order valence-electron chi connectivity index (χ1n) is 7.68. The molecule has 0 amide bonds. The number of hydrogen-bond donors (Lipinski definition) is 0. The molecule has 0 spiro atoms. The lowest BCUT2D eigenvalue weighted by Crippen LogP contribution is -2.32. The number of hydrogen-bond acceptors (Lipinski definition) is 5. The van der Waals surface area contributed by atoms with Crippen LogP contribution in [0.5, 0.6) is 5.75 Å². The van der Waals surface area contributed by atoms with Crippen molar-refractivity contribution >= 4 is 10.9 Å². The zero-order valence-electron chi connectivity index (χ0n) is 13.8. The van der Waals surface area contributed by atoms with E-state index in [1.807, 2.05) is 0 Å². The molecule has 9 heteroatoms. The summed E-state index contributed by atoms with van der Waals surface area (Å²) < 4.78 is 42.7. The monoisotopic (exact) mass is 364 g/mol. The summed E-state index contributed by atoms with van der Waals surface area (Å²) in [6, 6.07) is 12.7. The molecule has 2 aromatic carbocycles. The van der Waals surface area contributed by atoms with Crippen LogP contribution in [0.15, 0.2) is 53.3 Å². The molecule has 0 aliphatic carbocycles. The fourth-order valence-corrected chi connectivity index (χ4v) is 2.54. The molecule has 3 aromatic rings. The van der Waals surface area contributed by atoms with Gasteiger partial charge in [0.05, 0.1) is 12.1 Å². The van der Waals surface area contributed by atoms with Crippen LogP contribution in [0, 0.1) is 0 Å². The number of benzene rings is 2. The summed E-state index contributed by atoms with van der Waals surface area (Å²) in [5.74, 6) is -0.274. The van der Waals surface area contributed by atoms with Crippen molar-refractivity contribution in [2.75, 3.05) is 7.05 Å². The van der Waals surface area contributed by atoms with E-state index in [2.05, 4.69) is 15.0 Å². The average molecular weight is 364 g/mol. The Morgan fingerprint density at radius 3 is 2.58 bits per heavy atom. The van der Waals surface area contributed by atoms with Gasteiger partial charge in [0.15, 0.2) is 0 Å². The van der Waals surface area contributed by atoms with Gasteiger partial charge in [-0.2, -0.15) is 4.68 Å². The van der Waals surface area contributed by atoms with Crippen LogP contribution in [0.1, 0.15) is 5.56 Å². The van der Waals surface area contributed by atoms with E-state index in [0.717, 1.165) is 4.68 Å². The third-order valence-corrected chi connectivity index (χ3v) is 3.64. The third-order valence-electron chi connectivity index (χ3n) is 3.64. The maximum atomic E-state index is 12.5. The molecule has 0 N–H and O–H groups in total. The van der Waals surface area contributed by atoms with Crippen LogP contribution in [0.4, 0.5) is 13.2 Å². The Morgan fingerprint density at radius 2 is 1.81 bits per heavy atom. The molecule has 26 heavy (non-hydrogen) atoms. The molecule has 0 saturated carbocycles. The largest absolute Gasteiger partial charge is 0.573 e. The first-order valence-corrected chi connectivity index (χ1v) is 7.68. The van der Waals surface area contributed by atoms with Gasteiger partial charge in [-0.05, 0) is 25.2 Å². The van der Waals surface area contributed by atoms with Crippen LogP contribution in [0.25, 0.3) is 10.9 Å². The smallest absolute Gasteiger partial charge is 0.405 e. The minimum Gasteiger partial charge on any atom is -0.405 e. The molecule has 6 nitrogen and oxygen atoms in total. The van der Waals surface area contributed by atoms with Crippen molar-refractivity contribution in [3.8, 4) is 5.75 Å². The molecule has 0 unspecified atom stereocenters. The van der Waals surface area contributed by atoms with Gasteiger partial charge in [0.2, 0.25) is 0 Å². The second-order valence-electron chi connectivity index (χ2n) is 5.72. The van der Waals surface area contributed by atoms with E-state index in [9.17, 15) is 18.0 Å². The summed E-state index contributed by atoms with van der Waals surface area (Å²) >= 11 is 0. The second-order valence-corrected chi connectivity index (χ2v) is 5.72. The fourth-order valence-electron chi connectivity index (χ4n) is 2.54. The van der Waals surface area contributed by atoms with Crippen molar-refractivity contribution < 1.29 is 17.9 Å². The number of para-hydroxylation sites is 1. The van der Waals surface area contributed by atoms with Gasteiger partial charge in [-0.15, -0.1) is 18.3 Å². The Bertz CT molecular complexity index is 972. The zero-order valence-corrected chi connectivity index (χ0v) is 13.8. The van der Waals surface area contributed by atoms with E-state index in [-0.39, 0.29) is 24.5 Å². The Balaban J connectivity index is 1.79. The summed E-state index contributed by atoms with van der Waals surface area (Å²) in [5.41, 5.74) is 0.511. The lowest BCUT2D eigenvalue weighted by molar-refractivity contribution is -0.275. The molecule has 0 bridgehead atoms. The standard InChI is InChI=1S/C17H15F3N4O2/c1-23(10-12-6-2-5-9-15(12)26-17(18,19)20)11-24-16(25)13-7-3-4-8-14(13)21-22-24/h2-9H,10-11H2,1H3. The maximum Gasteiger partial charge on any atom is 0.573 e. The molecule has 0 aliphatic rings. The number of alkyl halides is 3. The highest BCUT2D eigenvalue weighted by atomic mass is 19.4. The first kappa shape index (κ1) is 17.9. The Hall–Kier alpha value is -2.94. The van der Waals surface area contributed by atoms with Gasteiger partial charge in [-0.3, -0.25) is 9.69 Å². The Labute approximate surface area is 146 Å². The summed E-state index contributed by atoms with van der Waals surface area (Å²) in [7, 11) is 1.66. The predicted octanol–water partition coefficient (Wildman–Crippen LogP) is 2.78. The van der Waals surface area contributed by atoms with Crippen molar-refractivity contribution in [2.45, 2.75) is 19.6 Å². The van der Waals surface area contributed by atoms with E-state index >= 15 is 0 Å². The van der Waals surface area contributed by atoms with Crippen LogP contribution in [-0.2, 0) is 13.2 Å². The molecule has 0 aliphatic heterocycles. The number of halogens is 3. The average Bonchev–Trinajstić information content (AvgIpc) is 2.58. The van der Waals surface area contributed by atoms with Crippen molar-refractivity contribution in [1.82, 2.24) is 19.9 Å². The summed E-state index contributed by atoms with van der Waals surface area (Å²) in [4.78, 5) is 14.1. The fraction of sp³-hybridized carbons (Fsp3) is 0.235. The van der Waals surface area contributed by atoms with Gasteiger partial charge >= 0.3 is 6.36 Å². The SMILES string of the molecule is CN(Cc1ccccc1OC(F)(F)F)Cn1nnc2ccccc2c1=O.